The molecule has 0 saturated heterocycles. The van der Waals surface area contributed by atoms with Crippen molar-refractivity contribution in [3.05, 3.63) is 71.2 Å². The minimum absolute atomic E-state index is 0.111. The van der Waals surface area contributed by atoms with Gasteiger partial charge in [-0.25, -0.2) is 4.39 Å². The molecule has 0 atom stereocenters. The van der Waals surface area contributed by atoms with Crippen LogP contribution >= 0.6 is 0 Å². The van der Waals surface area contributed by atoms with Crippen LogP contribution < -0.4 is 10.1 Å². The van der Waals surface area contributed by atoms with E-state index in [9.17, 15) is 4.39 Å². The fraction of sp³-hybridized carbons (Fsp3) is 0.0556. The van der Waals surface area contributed by atoms with Crippen molar-refractivity contribution in [3.8, 4) is 24.0 Å². The highest BCUT2D eigenvalue weighted by Gasteiger charge is 2.06. The number of hydrogen-bond acceptors (Lipinski definition) is 5. The average Bonchev–Trinajstić information content (AvgIpc) is 2.62. The number of nitriles is 3. The number of nitrogens with one attached hydrogen (secondary N) is 1. The molecule has 6 heteroatoms. The maximum absolute atomic E-state index is 12.8. The number of allylic oxidation sites excluding steroid dienone is 2. The summed E-state index contributed by atoms with van der Waals surface area (Å²) >= 11 is 0. The van der Waals surface area contributed by atoms with Crippen LogP contribution in [-0.4, -0.2) is 0 Å². The largest absolute Gasteiger partial charge is 0.489 e. The lowest BCUT2D eigenvalue weighted by Crippen LogP contribution is -2.01. The van der Waals surface area contributed by atoms with E-state index in [1.54, 1.807) is 54.6 Å². The molecule has 0 spiro atoms. The van der Waals surface area contributed by atoms with E-state index < -0.39 is 0 Å². The van der Waals surface area contributed by atoms with Crippen molar-refractivity contribution in [2.45, 2.75) is 6.61 Å². The zero-order chi connectivity index (χ0) is 17.4. The van der Waals surface area contributed by atoms with Crippen LogP contribution in [0.25, 0.3) is 0 Å². The molecule has 0 aromatic heterocycles. The highest BCUT2D eigenvalue weighted by atomic mass is 19.1. The van der Waals surface area contributed by atoms with E-state index in [-0.39, 0.29) is 17.1 Å². The lowest BCUT2D eigenvalue weighted by Gasteiger charge is -2.08. The number of rotatable bonds is 5. The number of anilines is 1. The van der Waals surface area contributed by atoms with E-state index in [2.05, 4.69) is 5.32 Å². The molecule has 2 aromatic carbocycles. The fourth-order valence-corrected chi connectivity index (χ4v) is 1.81. The van der Waals surface area contributed by atoms with Crippen LogP contribution in [0.1, 0.15) is 5.56 Å². The molecule has 2 rings (SSSR count). The van der Waals surface area contributed by atoms with Crippen molar-refractivity contribution in [3.63, 3.8) is 0 Å². The third kappa shape index (κ3) is 4.34. The van der Waals surface area contributed by atoms with Crippen LogP contribution in [0, 0.1) is 39.8 Å². The van der Waals surface area contributed by atoms with Gasteiger partial charge in [0, 0.05) is 5.69 Å². The third-order valence-electron chi connectivity index (χ3n) is 3.03. The molecule has 0 radical (unpaired) electrons. The molecule has 24 heavy (non-hydrogen) atoms. The second kappa shape index (κ2) is 7.98. The minimum Gasteiger partial charge on any atom is -0.489 e. The Bertz CT molecular complexity index is 850. The van der Waals surface area contributed by atoms with Gasteiger partial charge in [-0.3, -0.25) is 0 Å². The second-order valence-electron chi connectivity index (χ2n) is 4.65. The predicted molar refractivity (Wildman–Crippen MR) is 84.7 cm³/mol. The summed E-state index contributed by atoms with van der Waals surface area (Å²) in [6.07, 6.45) is 0. The summed E-state index contributed by atoms with van der Waals surface area (Å²) in [4.78, 5) is 0. The van der Waals surface area contributed by atoms with Crippen molar-refractivity contribution in [1.29, 1.82) is 15.8 Å². The van der Waals surface area contributed by atoms with E-state index in [0.29, 0.717) is 18.0 Å². The van der Waals surface area contributed by atoms with Gasteiger partial charge in [0.25, 0.3) is 0 Å². The fourth-order valence-electron chi connectivity index (χ4n) is 1.81. The first-order chi connectivity index (χ1) is 11.7. The number of benzene rings is 2. The summed E-state index contributed by atoms with van der Waals surface area (Å²) in [5, 5.41) is 29.3. The lowest BCUT2D eigenvalue weighted by atomic mass is 10.2. The number of ether oxygens (including phenoxy) is 1. The van der Waals surface area contributed by atoms with Gasteiger partial charge in [0.05, 0.1) is 0 Å². The summed E-state index contributed by atoms with van der Waals surface area (Å²) in [6.45, 7) is 0.295. The lowest BCUT2D eigenvalue weighted by molar-refractivity contribution is 0.306. The molecule has 0 saturated carbocycles. The van der Waals surface area contributed by atoms with E-state index in [0.717, 1.165) is 5.56 Å². The number of halogens is 1. The van der Waals surface area contributed by atoms with E-state index >= 15 is 0 Å². The molecule has 0 amide bonds. The molecule has 5 nitrogen and oxygen atoms in total. The van der Waals surface area contributed by atoms with Gasteiger partial charge in [0.2, 0.25) is 0 Å². The Morgan fingerprint density at radius 1 is 0.917 bits per heavy atom. The Morgan fingerprint density at radius 2 is 1.54 bits per heavy atom. The number of nitrogens with zero attached hydrogens (tertiary/aromatic N) is 3. The standard InChI is InChI=1S/C18H11FN4O/c19-15-3-1-13(2-4-15)12-24-17-7-5-16(6-8-17)23-18(11-22)14(9-20)10-21/h1-8,23H,12H2. The van der Waals surface area contributed by atoms with Gasteiger partial charge in [-0.1, -0.05) is 12.1 Å². The van der Waals surface area contributed by atoms with Crippen LogP contribution in [0.4, 0.5) is 10.1 Å². The Labute approximate surface area is 138 Å². The Balaban J connectivity index is 2.02. The van der Waals surface area contributed by atoms with Crippen molar-refractivity contribution >= 4 is 5.69 Å². The Morgan fingerprint density at radius 3 is 2.08 bits per heavy atom. The van der Waals surface area contributed by atoms with Crippen LogP contribution in [0.15, 0.2) is 59.8 Å². The average molecular weight is 318 g/mol. The van der Waals surface area contributed by atoms with E-state index in [1.165, 1.54) is 12.1 Å². The Hall–Kier alpha value is -3.82. The van der Waals surface area contributed by atoms with Gasteiger partial charge in [-0.2, -0.15) is 15.8 Å². The molecular formula is C18H11FN4O. The normalized spacial score (nSPS) is 9.08. The van der Waals surface area contributed by atoms with Gasteiger partial charge >= 0.3 is 0 Å². The van der Waals surface area contributed by atoms with Gasteiger partial charge < -0.3 is 10.1 Å². The summed E-state index contributed by atoms with van der Waals surface area (Å²) in [7, 11) is 0. The Kier molecular flexibility index (Phi) is 5.50. The highest BCUT2D eigenvalue weighted by Crippen LogP contribution is 2.19. The van der Waals surface area contributed by atoms with Crippen molar-refractivity contribution in [1.82, 2.24) is 0 Å². The van der Waals surface area contributed by atoms with E-state index in [4.69, 9.17) is 20.5 Å². The summed E-state index contributed by atoms with van der Waals surface area (Å²) in [5.74, 6) is 0.290. The third-order valence-corrected chi connectivity index (χ3v) is 3.03. The molecule has 0 aliphatic rings. The van der Waals surface area contributed by atoms with Crippen LogP contribution in [0.2, 0.25) is 0 Å². The molecule has 0 bridgehead atoms. The molecule has 0 fully saturated rings. The molecule has 1 N–H and O–H groups in total. The monoisotopic (exact) mass is 318 g/mol. The summed E-state index contributed by atoms with van der Waals surface area (Å²) in [5.41, 5.74) is 0.985. The van der Waals surface area contributed by atoms with Crippen LogP contribution in [0.3, 0.4) is 0 Å². The highest BCUT2D eigenvalue weighted by molar-refractivity contribution is 5.58. The van der Waals surface area contributed by atoms with Gasteiger partial charge in [0.15, 0.2) is 5.57 Å². The van der Waals surface area contributed by atoms with Crippen molar-refractivity contribution in [2.24, 2.45) is 0 Å². The second-order valence-corrected chi connectivity index (χ2v) is 4.65. The van der Waals surface area contributed by atoms with Gasteiger partial charge in [0.1, 0.15) is 42.1 Å². The SMILES string of the molecule is N#CC(C#N)=C(C#N)Nc1ccc(OCc2ccc(F)cc2)cc1. The first-order valence-corrected chi connectivity index (χ1v) is 6.85. The summed E-state index contributed by atoms with van der Waals surface area (Å²) in [6, 6.07) is 17.8. The molecule has 0 aliphatic heterocycles. The van der Waals surface area contributed by atoms with Gasteiger partial charge in [-0.05, 0) is 42.0 Å². The molecule has 0 unspecified atom stereocenters. The minimum atomic E-state index is -0.301. The topological polar surface area (TPSA) is 92.6 Å². The smallest absolute Gasteiger partial charge is 0.163 e. The first-order valence-electron chi connectivity index (χ1n) is 6.85. The number of hydrogen-bond donors (Lipinski definition) is 1. The van der Waals surface area contributed by atoms with Crippen LogP contribution in [0.5, 0.6) is 5.75 Å². The zero-order valence-corrected chi connectivity index (χ0v) is 12.5. The van der Waals surface area contributed by atoms with Gasteiger partial charge in [-0.15, -0.1) is 0 Å². The van der Waals surface area contributed by atoms with Crippen LogP contribution in [-0.2, 0) is 6.61 Å². The van der Waals surface area contributed by atoms with E-state index in [1.807, 2.05) is 0 Å². The maximum atomic E-state index is 12.8. The van der Waals surface area contributed by atoms with Crippen molar-refractivity contribution in [2.75, 3.05) is 5.32 Å². The molecule has 0 heterocycles. The molecule has 0 aliphatic carbocycles. The molecular weight excluding hydrogens is 307 g/mol. The maximum Gasteiger partial charge on any atom is 0.163 e. The molecule has 2 aromatic rings. The quantitative estimate of drug-likeness (QED) is 0.850. The first kappa shape index (κ1) is 16.5. The zero-order valence-electron chi connectivity index (χ0n) is 12.5. The predicted octanol–water partition coefficient (Wildman–Crippen LogP) is 3.64. The molecule has 116 valence electrons. The van der Waals surface area contributed by atoms with Crippen molar-refractivity contribution < 1.29 is 9.13 Å². The summed E-state index contributed by atoms with van der Waals surface area (Å²) < 4.78 is 18.4.